The predicted molar refractivity (Wildman–Crippen MR) is 110 cm³/mol. The minimum Gasteiger partial charge on any atom is -0.453 e. The van der Waals surface area contributed by atoms with Crippen LogP contribution in [0.5, 0.6) is 0 Å². The second-order valence-electron chi connectivity index (χ2n) is 6.43. The Balaban J connectivity index is 1.64. The number of ether oxygens (including phenoxy) is 1. The zero-order valence-electron chi connectivity index (χ0n) is 15.4. The second kappa shape index (κ2) is 7.90. The molecule has 0 bridgehead atoms. The zero-order valence-corrected chi connectivity index (χ0v) is 16.2. The van der Waals surface area contributed by atoms with Crippen LogP contribution in [0.25, 0.3) is 21.0 Å². The Bertz CT molecular complexity index is 1180. The summed E-state index contributed by atoms with van der Waals surface area (Å²) in [4.78, 5) is 29.9. The number of carbonyl (C=O) groups excluding carboxylic acids is 1. The number of para-hydroxylation sites is 1. The molecule has 2 aromatic carbocycles. The number of unbranched alkanes of at least 4 members (excludes halogenated alkanes) is 1. The maximum Gasteiger partial charge on any atom is 0.359 e. The van der Waals surface area contributed by atoms with Crippen LogP contribution in [0.4, 0.5) is 0 Å². The number of nitrogens with zero attached hydrogens (tertiary/aromatic N) is 3. The molecule has 6 nitrogen and oxygen atoms in total. The number of hydrogen-bond donors (Lipinski definition) is 0. The molecule has 0 saturated carbocycles. The maximum atomic E-state index is 12.8. The van der Waals surface area contributed by atoms with Gasteiger partial charge in [0.2, 0.25) is 0 Å². The Hall–Kier alpha value is -3.06. The lowest BCUT2D eigenvalue weighted by atomic mass is 10.1. The Morgan fingerprint density at radius 3 is 2.64 bits per heavy atom. The van der Waals surface area contributed by atoms with Crippen LogP contribution in [0.15, 0.2) is 53.3 Å². The van der Waals surface area contributed by atoms with Crippen molar-refractivity contribution in [2.24, 2.45) is 0 Å². The Kier molecular flexibility index (Phi) is 5.16. The fraction of sp³-hybridized carbons (Fsp3) is 0.238. The van der Waals surface area contributed by atoms with Gasteiger partial charge in [-0.2, -0.15) is 5.10 Å². The quantitative estimate of drug-likeness (QED) is 0.460. The van der Waals surface area contributed by atoms with Gasteiger partial charge < -0.3 is 4.74 Å². The molecule has 4 aromatic rings. The van der Waals surface area contributed by atoms with Crippen LogP contribution >= 0.6 is 11.3 Å². The third kappa shape index (κ3) is 3.53. The summed E-state index contributed by atoms with van der Waals surface area (Å²) in [5, 5.41) is 6.01. The van der Waals surface area contributed by atoms with E-state index in [1.165, 1.54) is 16.0 Å². The van der Waals surface area contributed by atoms with Gasteiger partial charge in [0, 0.05) is 11.9 Å². The van der Waals surface area contributed by atoms with Gasteiger partial charge in [-0.3, -0.25) is 4.79 Å². The van der Waals surface area contributed by atoms with E-state index in [-0.39, 0.29) is 17.9 Å². The van der Waals surface area contributed by atoms with Crippen molar-refractivity contribution in [2.75, 3.05) is 0 Å². The topological polar surface area (TPSA) is 74.1 Å². The SMILES string of the molecule is CCCCn1nc(C(=O)OCc2nc3ccccc3s2)c2ccccc2c1=O. The van der Waals surface area contributed by atoms with Crippen LogP contribution in [0.3, 0.4) is 0 Å². The van der Waals surface area contributed by atoms with Crippen molar-refractivity contribution in [1.29, 1.82) is 0 Å². The van der Waals surface area contributed by atoms with E-state index in [0.29, 0.717) is 17.3 Å². The van der Waals surface area contributed by atoms with E-state index in [1.54, 1.807) is 24.3 Å². The minimum atomic E-state index is -0.555. The number of benzene rings is 2. The van der Waals surface area contributed by atoms with Crippen LogP contribution in [-0.4, -0.2) is 20.7 Å². The summed E-state index contributed by atoms with van der Waals surface area (Å²) < 4.78 is 7.89. The van der Waals surface area contributed by atoms with E-state index in [1.807, 2.05) is 31.2 Å². The number of fused-ring (bicyclic) bond motifs is 2. The molecule has 0 N–H and O–H groups in total. The molecule has 2 aromatic heterocycles. The average Bonchev–Trinajstić information content (AvgIpc) is 3.15. The molecule has 0 radical (unpaired) electrons. The molecule has 4 rings (SSSR count). The van der Waals surface area contributed by atoms with Crippen LogP contribution in [0.1, 0.15) is 35.3 Å². The number of esters is 1. The molecule has 2 heterocycles. The summed E-state index contributed by atoms with van der Waals surface area (Å²) in [5.41, 5.74) is 0.856. The number of carbonyl (C=O) groups is 1. The van der Waals surface area contributed by atoms with Crippen molar-refractivity contribution in [3.63, 3.8) is 0 Å². The average molecular weight is 393 g/mol. The lowest BCUT2D eigenvalue weighted by Crippen LogP contribution is -2.26. The van der Waals surface area contributed by atoms with Crippen molar-refractivity contribution < 1.29 is 9.53 Å². The summed E-state index contributed by atoms with van der Waals surface area (Å²) in [6.45, 7) is 2.58. The summed E-state index contributed by atoms with van der Waals surface area (Å²) in [6, 6.07) is 14.8. The van der Waals surface area contributed by atoms with Gasteiger partial charge in [0.1, 0.15) is 11.6 Å². The van der Waals surface area contributed by atoms with E-state index in [4.69, 9.17) is 4.74 Å². The van der Waals surface area contributed by atoms with Crippen molar-refractivity contribution >= 4 is 38.3 Å². The minimum absolute atomic E-state index is 0.0717. The van der Waals surface area contributed by atoms with E-state index in [2.05, 4.69) is 10.1 Å². The monoisotopic (exact) mass is 393 g/mol. The number of aromatic nitrogens is 3. The lowest BCUT2D eigenvalue weighted by molar-refractivity contribution is 0.0465. The molecule has 0 aliphatic rings. The van der Waals surface area contributed by atoms with E-state index in [9.17, 15) is 9.59 Å². The summed E-state index contributed by atoms with van der Waals surface area (Å²) in [6.07, 6.45) is 1.74. The van der Waals surface area contributed by atoms with Gasteiger partial charge in [-0.1, -0.05) is 43.7 Å². The Morgan fingerprint density at radius 1 is 1.11 bits per heavy atom. The highest BCUT2D eigenvalue weighted by atomic mass is 32.1. The van der Waals surface area contributed by atoms with Gasteiger partial charge in [0.25, 0.3) is 5.56 Å². The first-order valence-corrected chi connectivity index (χ1v) is 10.0. The maximum absolute atomic E-state index is 12.8. The molecule has 0 aliphatic heterocycles. The fourth-order valence-corrected chi connectivity index (χ4v) is 3.90. The number of rotatable bonds is 6. The van der Waals surface area contributed by atoms with Gasteiger partial charge in [-0.05, 0) is 24.6 Å². The van der Waals surface area contributed by atoms with Gasteiger partial charge in [0.15, 0.2) is 5.69 Å². The fourth-order valence-electron chi connectivity index (χ4n) is 3.02. The first-order chi connectivity index (χ1) is 13.7. The van der Waals surface area contributed by atoms with Crippen LogP contribution < -0.4 is 5.56 Å². The van der Waals surface area contributed by atoms with Gasteiger partial charge >= 0.3 is 5.97 Å². The highest BCUT2D eigenvalue weighted by molar-refractivity contribution is 7.18. The van der Waals surface area contributed by atoms with Crippen LogP contribution in [0, 0.1) is 0 Å². The summed E-state index contributed by atoms with van der Waals surface area (Å²) in [7, 11) is 0. The first-order valence-electron chi connectivity index (χ1n) is 9.19. The van der Waals surface area contributed by atoms with Crippen molar-refractivity contribution in [2.45, 2.75) is 32.9 Å². The molecular formula is C21H19N3O3S. The van der Waals surface area contributed by atoms with Gasteiger partial charge in [0.05, 0.1) is 15.6 Å². The summed E-state index contributed by atoms with van der Waals surface area (Å²) >= 11 is 1.49. The van der Waals surface area contributed by atoms with Crippen LogP contribution in [0.2, 0.25) is 0 Å². The van der Waals surface area contributed by atoms with Gasteiger partial charge in [-0.25, -0.2) is 14.5 Å². The highest BCUT2D eigenvalue weighted by Crippen LogP contribution is 2.22. The smallest absolute Gasteiger partial charge is 0.359 e. The van der Waals surface area contributed by atoms with Crippen molar-refractivity contribution in [3.8, 4) is 0 Å². The third-order valence-corrected chi connectivity index (χ3v) is 5.46. The number of thiazole rings is 1. The number of hydrogen-bond acceptors (Lipinski definition) is 6. The molecule has 7 heteroatoms. The van der Waals surface area contributed by atoms with Crippen molar-refractivity contribution in [1.82, 2.24) is 14.8 Å². The Labute approximate surface area is 165 Å². The largest absolute Gasteiger partial charge is 0.453 e. The molecule has 28 heavy (non-hydrogen) atoms. The molecule has 0 atom stereocenters. The van der Waals surface area contributed by atoms with E-state index >= 15 is 0 Å². The van der Waals surface area contributed by atoms with Gasteiger partial charge in [-0.15, -0.1) is 11.3 Å². The normalized spacial score (nSPS) is 11.2. The molecule has 0 unspecified atom stereocenters. The molecule has 0 aliphatic carbocycles. The Morgan fingerprint density at radius 2 is 1.86 bits per heavy atom. The van der Waals surface area contributed by atoms with Crippen molar-refractivity contribution in [3.05, 3.63) is 69.6 Å². The highest BCUT2D eigenvalue weighted by Gasteiger charge is 2.18. The van der Waals surface area contributed by atoms with Crippen LogP contribution in [-0.2, 0) is 17.9 Å². The molecule has 0 spiro atoms. The van der Waals surface area contributed by atoms with E-state index < -0.39 is 5.97 Å². The summed E-state index contributed by atoms with van der Waals surface area (Å²) in [5.74, 6) is -0.555. The van der Waals surface area contributed by atoms with E-state index in [0.717, 1.165) is 28.1 Å². The molecule has 0 saturated heterocycles. The number of aryl methyl sites for hydroxylation is 1. The lowest BCUT2D eigenvalue weighted by Gasteiger charge is -2.10. The standard InChI is InChI=1S/C21H19N3O3S/c1-2-3-12-24-20(25)15-9-5-4-8-14(15)19(23-24)21(26)27-13-18-22-16-10-6-7-11-17(16)28-18/h4-11H,2-3,12-13H2,1H3. The molecule has 142 valence electrons. The zero-order chi connectivity index (χ0) is 19.5. The molecular weight excluding hydrogens is 374 g/mol. The molecule has 0 fully saturated rings. The second-order valence-corrected chi connectivity index (χ2v) is 7.54. The third-order valence-electron chi connectivity index (χ3n) is 4.45. The molecule has 0 amide bonds. The first kappa shape index (κ1) is 18.3. The predicted octanol–water partition coefficient (Wildman–Crippen LogP) is 4.16.